The molecule has 5 nitrogen and oxygen atoms in total. The second-order valence-electron chi connectivity index (χ2n) is 5.75. The van der Waals surface area contributed by atoms with Crippen LogP contribution in [0.2, 0.25) is 0 Å². The maximum atomic E-state index is 13.3. The van der Waals surface area contributed by atoms with Crippen molar-refractivity contribution in [1.82, 2.24) is 0 Å². The molecule has 0 unspecified atom stereocenters. The number of furan rings is 1. The third kappa shape index (κ3) is 4.00. The van der Waals surface area contributed by atoms with Crippen molar-refractivity contribution in [2.24, 2.45) is 0 Å². The first kappa shape index (κ1) is 17.9. The molecule has 0 fully saturated rings. The van der Waals surface area contributed by atoms with Crippen LogP contribution in [-0.2, 0) is 15.6 Å². The zero-order valence-corrected chi connectivity index (χ0v) is 14.7. The molecule has 0 aliphatic carbocycles. The van der Waals surface area contributed by atoms with Gasteiger partial charge in [-0.25, -0.2) is 12.8 Å². The number of benzene rings is 2. The van der Waals surface area contributed by atoms with E-state index in [0.29, 0.717) is 11.3 Å². The van der Waals surface area contributed by atoms with Gasteiger partial charge in [0.05, 0.1) is 4.90 Å². The highest BCUT2D eigenvalue weighted by Gasteiger charge is 2.19. The van der Waals surface area contributed by atoms with Crippen molar-refractivity contribution in [3.05, 3.63) is 83.6 Å². The molecule has 0 spiro atoms. The van der Waals surface area contributed by atoms with Gasteiger partial charge in [0.25, 0.3) is 5.91 Å². The summed E-state index contributed by atoms with van der Waals surface area (Å²) < 4.78 is 43.4. The zero-order valence-electron chi connectivity index (χ0n) is 13.9. The second-order valence-corrected chi connectivity index (χ2v) is 7.74. The number of halogens is 1. The van der Waals surface area contributed by atoms with Crippen LogP contribution < -0.4 is 5.32 Å². The van der Waals surface area contributed by atoms with Crippen molar-refractivity contribution in [2.45, 2.75) is 17.6 Å². The average Bonchev–Trinajstić information content (AvgIpc) is 3.07. The van der Waals surface area contributed by atoms with Gasteiger partial charge in [-0.3, -0.25) is 4.79 Å². The number of sulfone groups is 1. The maximum absolute atomic E-state index is 13.3. The summed E-state index contributed by atoms with van der Waals surface area (Å²) in [6.45, 7) is 1.73. The third-order valence-corrected chi connectivity index (χ3v) is 5.42. The van der Waals surface area contributed by atoms with Crippen molar-refractivity contribution < 1.29 is 22.0 Å². The maximum Gasteiger partial charge on any atom is 0.291 e. The first-order chi connectivity index (χ1) is 12.3. The Kier molecular flexibility index (Phi) is 4.90. The Bertz CT molecular complexity index is 1040. The molecule has 2 aromatic carbocycles. The lowest BCUT2D eigenvalue weighted by Gasteiger charge is -2.07. The van der Waals surface area contributed by atoms with Crippen LogP contribution in [-0.4, -0.2) is 14.3 Å². The van der Waals surface area contributed by atoms with Crippen LogP contribution in [0.1, 0.15) is 21.9 Å². The molecule has 0 atom stereocenters. The van der Waals surface area contributed by atoms with Crippen LogP contribution >= 0.6 is 0 Å². The van der Waals surface area contributed by atoms with E-state index in [-0.39, 0.29) is 22.2 Å². The lowest BCUT2D eigenvalue weighted by molar-refractivity contribution is 0.0995. The number of nitrogens with one attached hydrogen (secondary N) is 1. The lowest BCUT2D eigenvalue weighted by atomic mass is 10.2. The minimum absolute atomic E-state index is 0.0491. The molecule has 26 heavy (non-hydrogen) atoms. The number of carbonyl (C=O) groups is 1. The molecule has 0 aliphatic heterocycles. The van der Waals surface area contributed by atoms with Gasteiger partial charge in [-0.15, -0.1) is 0 Å². The van der Waals surface area contributed by atoms with Gasteiger partial charge in [0.2, 0.25) is 0 Å². The highest BCUT2D eigenvalue weighted by molar-refractivity contribution is 7.90. The van der Waals surface area contributed by atoms with Crippen LogP contribution in [0, 0.1) is 12.7 Å². The fourth-order valence-electron chi connectivity index (χ4n) is 2.39. The number of carbonyl (C=O) groups excluding carboxylic acids is 1. The van der Waals surface area contributed by atoms with Gasteiger partial charge in [0.1, 0.15) is 17.3 Å². The largest absolute Gasteiger partial charge is 0.455 e. The number of hydrogen-bond donors (Lipinski definition) is 1. The van der Waals surface area contributed by atoms with Gasteiger partial charge >= 0.3 is 0 Å². The van der Waals surface area contributed by atoms with Crippen LogP contribution in [0.3, 0.4) is 0 Å². The summed E-state index contributed by atoms with van der Waals surface area (Å²) >= 11 is 0. The molecule has 1 amide bonds. The summed E-state index contributed by atoms with van der Waals surface area (Å²) in [5, 5.41) is 2.55. The molecule has 3 rings (SSSR count). The van der Waals surface area contributed by atoms with E-state index in [1.54, 1.807) is 31.2 Å². The minimum atomic E-state index is -3.57. The van der Waals surface area contributed by atoms with E-state index in [2.05, 4.69) is 5.32 Å². The zero-order chi connectivity index (χ0) is 18.7. The van der Waals surface area contributed by atoms with E-state index in [4.69, 9.17) is 4.42 Å². The molecule has 7 heteroatoms. The Morgan fingerprint density at radius 3 is 2.54 bits per heavy atom. The van der Waals surface area contributed by atoms with Crippen LogP contribution in [0.5, 0.6) is 0 Å². The Balaban J connectivity index is 1.75. The SMILES string of the molecule is Cc1ccc(F)cc1NC(=O)c1ccc(CS(=O)(=O)c2ccccc2)o1. The van der Waals surface area contributed by atoms with Crippen LogP contribution in [0.4, 0.5) is 10.1 Å². The summed E-state index contributed by atoms with van der Waals surface area (Å²) in [7, 11) is -3.57. The van der Waals surface area contributed by atoms with Crippen molar-refractivity contribution >= 4 is 21.4 Å². The summed E-state index contributed by atoms with van der Waals surface area (Å²) in [5.41, 5.74) is 1.02. The van der Waals surface area contributed by atoms with Gasteiger partial charge in [0, 0.05) is 5.69 Å². The molecule has 134 valence electrons. The molecule has 0 saturated heterocycles. The predicted molar refractivity (Wildman–Crippen MR) is 95.1 cm³/mol. The highest BCUT2D eigenvalue weighted by atomic mass is 32.2. The molecular weight excluding hydrogens is 357 g/mol. The summed E-state index contributed by atoms with van der Waals surface area (Å²) in [5.74, 6) is -1.31. The van der Waals surface area contributed by atoms with Gasteiger partial charge in [-0.1, -0.05) is 24.3 Å². The molecule has 0 bridgehead atoms. The number of anilines is 1. The molecule has 1 heterocycles. The van der Waals surface area contributed by atoms with E-state index >= 15 is 0 Å². The smallest absolute Gasteiger partial charge is 0.291 e. The van der Waals surface area contributed by atoms with E-state index in [9.17, 15) is 17.6 Å². The summed E-state index contributed by atoms with van der Waals surface area (Å²) in [6, 6.07) is 14.9. The number of hydrogen-bond acceptors (Lipinski definition) is 4. The van der Waals surface area contributed by atoms with Crippen molar-refractivity contribution in [3.8, 4) is 0 Å². The second kappa shape index (κ2) is 7.13. The average molecular weight is 373 g/mol. The van der Waals surface area contributed by atoms with Gasteiger partial charge < -0.3 is 9.73 Å². The highest BCUT2D eigenvalue weighted by Crippen LogP contribution is 2.20. The van der Waals surface area contributed by atoms with Crippen molar-refractivity contribution in [1.29, 1.82) is 0 Å². The normalized spacial score (nSPS) is 11.3. The van der Waals surface area contributed by atoms with Gasteiger partial charge in [-0.05, 0) is 48.9 Å². The first-order valence-corrected chi connectivity index (χ1v) is 9.44. The van der Waals surface area contributed by atoms with E-state index in [0.717, 1.165) is 0 Å². The monoisotopic (exact) mass is 373 g/mol. The molecule has 0 aliphatic rings. The molecular formula is C19H16FNO4S. The quantitative estimate of drug-likeness (QED) is 0.735. The van der Waals surface area contributed by atoms with E-state index in [1.807, 2.05) is 0 Å². The van der Waals surface area contributed by atoms with Crippen LogP contribution in [0.15, 0.2) is 70.0 Å². The Morgan fingerprint density at radius 1 is 1.08 bits per heavy atom. The van der Waals surface area contributed by atoms with Crippen LogP contribution in [0.25, 0.3) is 0 Å². The molecule has 1 N–H and O–H groups in total. The number of rotatable bonds is 5. The summed E-state index contributed by atoms with van der Waals surface area (Å²) in [6.07, 6.45) is 0. The number of amides is 1. The first-order valence-electron chi connectivity index (χ1n) is 7.79. The fourth-order valence-corrected chi connectivity index (χ4v) is 3.66. The van der Waals surface area contributed by atoms with Crippen molar-refractivity contribution in [2.75, 3.05) is 5.32 Å². The standard InChI is InChI=1S/C19H16FNO4S/c1-13-7-8-14(20)11-17(13)21-19(22)18-10-9-15(25-18)12-26(23,24)16-5-3-2-4-6-16/h2-11H,12H2,1H3,(H,21,22). The molecule has 3 aromatic rings. The van der Waals surface area contributed by atoms with E-state index in [1.165, 1.54) is 36.4 Å². The molecule has 0 saturated carbocycles. The van der Waals surface area contributed by atoms with Crippen molar-refractivity contribution in [3.63, 3.8) is 0 Å². The Labute approximate surface area is 150 Å². The van der Waals surface area contributed by atoms with Gasteiger partial charge in [0.15, 0.2) is 15.6 Å². The van der Waals surface area contributed by atoms with E-state index < -0.39 is 21.6 Å². The minimum Gasteiger partial charge on any atom is -0.455 e. The predicted octanol–water partition coefficient (Wildman–Crippen LogP) is 3.95. The third-order valence-electron chi connectivity index (χ3n) is 3.77. The topological polar surface area (TPSA) is 76.4 Å². The Morgan fingerprint density at radius 2 is 1.81 bits per heavy atom. The summed E-state index contributed by atoms with van der Waals surface area (Å²) in [4.78, 5) is 12.4. The number of aryl methyl sites for hydroxylation is 1. The fraction of sp³-hybridized carbons (Fsp3) is 0.105. The lowest BCUT2D eigenvalue weighted by Crippen LogP contribution is -2.12. The Hall–Kier alpha value is -2.93. The van der Waals surface area contributed by atoms with Gasteiger partial charge in [-0.2, -0.15) is 0 Å². The molecule has 0 radical (unpaired) electrons. The molecule has 1 aromatic heterocycles.